The van der Waals surface area contributed by atoms with Crippen molar-refractivity contribution < 1.29 is 12.8 Å². The number of sulfonamides is 1. The van der Waals surface area contributed by atoms with Gasteiger partial charge in [-0.2, -0.15) is 0 Å². The summed E-state index contributed by atoms with van der Waals surface area (Å²) in [5.74, 6) is 0.192. The molecule has 0 saturated carbocycles. The van der Waals surface area contributed by atoms with E-state index >= 15 is 0 Å². The van der Waals surface area contributed by atoms with Gasteiger partial charge in [-0.05, 0) is 47.2 Å². The molecule has 0 spiro atoms. The standard InChI is InChI=1S/C18H12ClN3O3S/c19-15-8-5-13(6-9-15)17-20-21-18(25-17)22-26(23,24)16-10-7-12-3-1-2-4-14(12)11-16/h1-11H,(H,21,22). The van der Waals surface area contributed by atoms with Crippen LogP contribution >= 0.6 is 11.6 Å². The van der Waals surface area contributed by atoms with Gasteiger partial charge >= 0.3 is 6.01 Å². The van der Waals surface area contributed by atoms with Crippen LogP contribution in [0.2, 0.25) is 5.02 Å². The number of hydrogen-bond acceptors (Lipinski definition) is 5. The lowest BCUT2D eigenvalue weighted by atomic mass is 10.1. The third-order valence-electron chi connectivity index (χ3n) is 3.77. The molecule has 0 atom stereocenters. The Morgan fingerprint density at radius 2 is 1.62 bits per heavy atom. The molecule has 4 rings (SSSR count). The lowest BCUT2D eigenvalue weighted by molar-refractivity contribution is 0.577. The molecule has 1 heterocycles. The van der Waals surface area contributed by atoms with Crippen molar-refractivity contribution in [3.63, 3.8) is 0 Å². The average molecular weight is 386 g/mol. The fourth-order valence-electron chi connectivity index (χ4n) is 2.48. The quantitative estimate of drug-likeness (QED) is 0.564. The van der Waals surface area contributed by atoms with Crippen molar-refractivity contribution in [2.75, 3.05) is 4.72 Å². The second-order valence-corrected chi connectivity index (χ2v) is 7.65. The molecule has 0 amide bonds. The summed E-state index contributed by atoms with van der Waals surface area (Å²) in [6.07, 6.45) is 0. The van der Waals surface area contributed by atoms with Crippen molar-refractivity contribution in [3.05, 3.63) is 71.8 Å². The van der Waals surface area contributed by atoms with Gasteiger partial charge in [0.25, 0.3) is 10.0 Å². The fraction of sp³-hybridized carbons (Fsp3) is 0. The van der Waals surface area contributed by atoms with Gasteiger partial charge in [0.1, 0.15) is 0 Å². The minimum absolute atomic E-state index is 0.113. The zero-order chi connectivity index (χ0) is 18.1. The number of hydrogen-bond donors (Lipinski definition) is 1. The molecule has 0 radical (unpaired) electrons. The van der Waals surface area contributed by atoms with Crippen LogP contribution in [-0.2, 0) is 10.0 Å². The highest BCUT2D eigenvalue weighted by atomic mass is 35.5. The molecule has 0 unspecified atom stereocenters. The molecule has 0 aliphatic heterocycles. The Labute approximate surface area is 154 Å². The largest absolute Gasteiger partial charge is 0.403 e. The Kier molecular flexibility index (Phi) is 4.10. The lowest BCUT2D eigenvalue weighted by Crippen LogP contribution is -2.13. The normalized spacial score (nSPS) is 11.6. The number of nitrogens with zero attached hydrogens (tertiary/aromatic N) is 2. The molecule has 0 fully saturated rings. The number of anilines is 1. The Hall–Kier alpha value is -2.90. The van der Waals surface area contributed by atoms with E-state index in [1.165, 1.54) is 6.07 Å². The van der Waals surface area contributed by atoms with E-state index in [2.05, 4.69) is 14.9 Å². The van der Waals surface area contributed by atoms with E-state index in [4.69, 9.17) is 16.0 Å². The smallest absolute Gasteiger partial charge is 0.330 e. The number of rotatable bonds is 4. The zero-order valence-electron chi connectivity index (χ0n) is 13.3. The highest BCUT2D eigenvalue weighted by molar-refractivity contribution is 7.92. The molecule has 3 aromatic carbocycles. The molecule has 26 heavy (non-hydrogen) atoms. The monoisotopic (exact) mass is 385 g/mol. The Balaban J connectivity index is 1.62. The van der Waals surface area contributed by atoms with Crippen LogP contribution in [0.1, 0.15) is 0 Å². The molecule has 130 valence electrons. The van der Waals surface area contributed by atoms with Crippen LogP contribution in [-0.4, -0.2) is 18.6 Å². The fourth-order valence-corrected chi connectivity index (χ4v) is 3.57. The van der Waals surface area contributed by atoms with Crippen LogP contribution in [0.5, 0.6) is 0 Å². The van der Waals surface area contributed by atoms with Crippen LogP contribution in [0.4, 0.5) is 6.01 Å². The Bertz CT molecular complexity index is 1190. The van der Waals surface area contributed by atoms with E-state index in [1.54, 1.807) is 36.4 Å². The second kappa shape index (κ2) is 6.44. The van der Waals surface area contributed by atoms with Crippen LogP contribution in [0.3, 0.4) is 0 Å². The lowest BCUT2D eigenvalue weighted by Gasteiger charge is -2.05. The van der Waals surface area contributed by atoms with Crippen molar-refractivity contribution in [2.45, 2.75) is 4.90 Å². The first-order valence-corrected chi connectivity index (χ1v) is 9.48. The van der Waals surface area contributed by atoms with Gasteiger partial charge in [-0.3, -0.25) is 0 Å². The first-order chi connectivity index (χ1) is 12.5. The third-order valence-corrected chi connectivity index (χ3v) is 5.34. The topological polar surface area (TPSA) is 85.1 Å². The summed E-state index contributed by atoms with van der Waals surface area (Å²) in [5.41, 5.74) is 0.637. The molecular weight excluding hydrogens is 374 g/mol. The molecule has 1 aromatic heterocycles. The van der Waals surface area contributed by atoms with E-state index in [1.807, 2.05) is 24.3 Å². The predicted octanol–water partition coefficient (Wildman–Crippen LogP) is 4.34. The van der Waals surface area contributed by atoms with Gasteiger partial charge in [0, 0.05) is 10.6 Å². The van der Waals surface area contributed by atoms with Gasteiger partial charge in [-0.1, -0.05) is 47.0 Å². The summed E-state index contributed by atoms with van der Waals surface area (Å²) in [6, 6.07) is 18.9. The molecule has 0 bridgehead atoms. The van der Waals surface area contributed by atoms with Gasteiger partial charge in [0.2, 0.25) is 5.89 Å². The van der Waals surface area contributed by atoms with Gasteiger partial charge in [-0.15, -0.1) is 5.10 Å². The summed E-state index contributed by atoms with van der Waals surface area (Å²) in [5, 5.41) is 9.95. The first-order valence-electron chi connectivity index (χ1n) is 7.62. The van der Waals surface area contributed by atoms with Crippen LogP contribution in [0.15, 0.2) is 76.0 Å². The van der Waals surface area contributed by atoms with E-state index in [-0.39, 0.29) is 16.8 Å². The van der Waals surface area contributed by atoms with Gasteiger partial charge < -0.3 is 4.42 Å². The molecule has 0 saturated heterocycles. The van der Waals surface area contributed by atoms with Crippen molar-refractivity contribution in [1.82, 2.24) is 10.2 Å². The first kappa shape index (κ1) is 16.6. The van der Waals surface area contributed by atoms with Crippen molar-refractivity contribution in [1.29, 1.82) is 0 Å². The SMILES string of the molecule is O=S(=O)(Nc1nnc(-c2ccc(Cl)cc2)o1)c1ccc2ccccc2c1. The van der Waals surface area contributed by atoms with E-state index in [0.29, 0.717) is 10.6 Å². The van der Waals surface area contributed by atoms with E-state index < -0.39 is 10.0 Å². The van der Waals surface area contributed by atoms with Crippen LogP contribution in [0, 0.1) is 0 Å². The third kappa shape index (κ3) is 3.26. The highest BCUT2D eigenvalue weighted by Gasteiger charge is 2.19. The van der Waals surface area contributed by atoms with Gasteiger partial charge in [0.05, 0.1) is 4.90 Å². The minimum atomic E-state index is -3.85. The minimum Gasteiger partial charge on any atom is -0.403 e. The van der Waals surface area contributed by atoms with E-state index in [9.17, 15) is 8.42 Å². The molecular formula is C18H12ClN3O3S. The van der Waals surface area contributed by atoms with Crippen molar-refractivity contribution >= 4 is 38.4 Å². The number of aromatic nitrogens is 2. The van der Waals surface area contributed by atoms with E-state index in [0.717, 1.165) is 10.8 Å². The maximum atomic E-state index is 12.6. The second-order valence-electron chi connectivity index (χ2n) is 5.53. The number of nitrogens with one attached hydrogen (secondary N) is 1. The van der Waals surface area contributed by atoms with Crippen molar-refractivity contribution in [3.8, 4) is 11.5 Å². The van der Waals surface area contributed by atoms with Gasteiger partial charge in [-0.25, -0.2) is 13.1 Å². The summed E-state index contributed by atoms with van der Waals surface area (Å²) in [7, 11) is -3.85. The maximum absolute atomic E-state index is 12.6. The molecule has 4 aromatic rings. The molecule has 1 N–H and O–H groups in total. The van der Waals surface area contributed by atoms with Gasteiger partial charge in [0.15, 0.2) is 0 Å². The number of fused-ring (bicyclic) bond motifs is 1. The summed E-state index contributed by atoms with van der Waals surface area (Å²) in [6.45, 7) is 0. The van der Waals surface area contributed by atoms with Crippen LogP contribution < -0.4 is 4.72 Å². The zero-order valence-corrected chi connectivity index (χ0v) is 14.8. The molecule has 6 nitrogen and oxygen atoms in total. The summed E-state index contributed by atoms with van der Waals surface area (Å²) < 4.78 is 32.9. The predicted molar refractivity (Wildman–Crippen MR) is 99.5 cm³/mol. The maximum Gasteiger partial charge on any atom is 0.330 e. The Morgan fingerprint density at radius 3 is 2.38 bits per heavy atom. The summed E-state index contributed by atoms with van der Waals surface area (Å²) in [4.78, 5) is 0.113. The molecule has 0 aliphatic rings. The van der Waals surface area contributed by atoms with Crippen LogP contribution in [0.25, 0.3) is 22.2 Å². The summed E-state index contributed by atoms with van der Waals surface area (Å²) >= 11 is 5.84. The highest BCUT2D eigenvalue weighted by Crippen LogP contribution is 2.24. The Morgan fingerprint density at radius 1 is 0.885 bits per heavy atom. The number of benzene rings is 3. The average Bonchev–Trinajstić information content (AvgIpc) is 3.09. The number of halogens is 1. The van der Waals surface area contributed by atoms with Crippen molar-refractivity contribution in [2.24, 2.45) is 0 Å². The molecule has 0 aliphatic carbocycles. The molecule has 8 heteroatoms.